The molecule has 1 aromatic carbocycles. The minimum atomic E-state index is -3.53. The number of ether oxygens (including phenoxy) is 1. The lowest BCUT2D eigenvalue weighted by Gasteiger charge is -2.20. The summed E-state index contributed by atoms with van der Waals surface area (Å²) in [7, 11) is 1.44. The van der Waals surface area contributed by atoms with Crippen LogP contribution in [0.3, 0.4) is 0 Å². The van der Waals surface area contributed by atoms with E-state index < -0.39 is 10.0 Å². The molecule has 0 aliphatic carbocycles. The molecular weight excluding hydrogens is 288 g/mol. The molecule has 0 unspecified atom stereocenters. The lowest BCUT2D eigenvalue weighted by molar-refractivity contribution is 0.413. The van der Waals surface area contributed by atoms with Gasteiger partial charge in [-0.1, -0.05) is 12.2 Å². The van der Waals surface area contributed by atoms with Gasteiger partial charge in [0.25, 0.3) is 0 Å². The zero-order valence-corrected chi connectivity index (χ0v) is 14.0. The van der Waals surface area contributed by atoms with Crippen LogP contribution in [-0.2, 0) is 16.4 Å². The fourth-order valence-corrected chi connectivity index (χ4v) is 3.48. The summed E-state index contributed by atoms with van der Waals surface area (Å²) in [6.07, 6.45) is 0.614. The number of benzene rings is 1. The van der Waals surface area contributed by atoms with Gasteiger partial charge in [-0.25, -0.2) is 8.42 Å². The molecule has 5 nitrogen and oxygen atoms in total. The second kappa shape index (κ2) is 7.59. The largest absolute Gasteiger partial charge is 0.497 e. The molecule has 0 aliphatic heterocycles. The van der Waals surface area contributed by atoms with Crippen LogP contribution in [0.2, 0.25) is 0 Å². The normalized spacial score (nSPS) is 11.7. The Morgan fingerprint density at radius 3 is 2.62 bits per heavy atom. The Labute approximate surface area is 127 Å². The molecule has 21 heavy (non-hydrogen) atoms. The van der Waals surface area contributed by atoms with Gasteiger partial charge in [0.05, 0.1) is 12.0 Å². The minimum absolute atomic E-state index is 0.305. The van der Waals surface area contributed by atoms with Crippen LogP contribution < -0.4 is 10.1 Å². The molecule has 0 aliphatic rings. The Morgan fingerprint density at radius 1 is 1.43 bits per heavy atom. The van der Waals surface area contributed by atoms with Gasteiger partial charge in [-0.3, -0.25) is 0 Å². The Kier molecular flexibility index (Phi) is 6.39. The highest BCUT2D eigenvalue weighted by Gasteiger charge is 2.24. The van der Waals surface area contributed by atoms with Crippen LogP contribution in [0.4, 0.5) is 0 Å². The summed E-state index contributed by atoms with van der Waals surface area (Å²) in [5, 5.41) is 3.03. The lowest BCUT2D eigenvalue weighted by Crippen LogP contribution is -2.29. The van der Waals surface area contributed by atoms with Crippen molar-refractivity contribution in [3.8, 4) is 5.75 Å². The highest BCUT2D eigenvalue weighted by atomic mass is 32.2. The van der Waals surface area contributed by atoms with Crippen LogP contribution in [0.25, 0.3) is 0 Å². The minimum Gasteiger partial charge on any atom is -0.497 e. The second-order valence-corrected chi connectivity index (χ2v) is 7.06. The second-order valence-electron chi connectivity index (χ2n) is 5.05. The molecule has 0 saturated carbocycles. The molecule has 118 valence electrons. The molecule has 6 heteroatoms. The van der Waals surface area contributed by atoms with Crippen molar-refractivity contribution in [1.29, 1.82) is 0 Å². The Hall–Kier alpha value is -1.37. The van der Waals surface area contributed by atoms with E-state index in [-0.39, 0.29) is 0 Å². The summed E-state index contributed by atoms with van der Waals surface area (Å²) < 4.78 is 31.9. The summed E-state index contributed by atoms with van der Waals surface area (Å²) >= 11 is 0. The van der Waals surface area contributed by atoms with Crippen LogP contribution in [-0.4, -0.2) is 47.0 Å². The van der Waals surface area contributed by atoms with Crippen molar-refractivity contribution in [2.24, 2.45) is 0 Å². The molecule has 0 heterocycles. The van der Waals surface area contributed by atoms with Crippen LogP contribution >= 0.6 is 0 Å². The number of likely N-dealkylation sites (N-methyl/N-ethyl adjacent to an activating group) is 2. The van der Waals surface area contributed by atoms with Gasteiger partial charge in [-0.15, -0.1) is 0 Å². The summed E-state index contributed by atoms with van der Waals surface area (Å²) in [6.45, 7) is 6.57. The number of sulfonamides is 1. The smallest absolute Gasteiger partial charge is 0.243 e. The van der Waals surface area contributed by atoms with E-state index in [1.807, 2.05) is 14.0 Å². The van der Waals surface area contributed by atoms with Crippen molar-refractivity contribution in [2.75, 3.05) is 34.3 Å². The fourth-order valence-electron chi connectivity index (χ4n) is 2.02. The molecule has 0 bridgehead atoms. The lowest BCUT2D eigenvalue weighted by atomic mass is 10.1. The first-order chi connectivity index (χ1) is 9.82. The number of nitrogens with one attached hydrogen (secondary N) is 1. The first-order valence-electron chi connectivity index (χ1n) is 6.75. The van der Waals surface area contributed by atoms with Crippen molar-refractivity contribution in [1.82, 2.24) is 9.62 Å². The van der Waals surface area contributed by atoms with Crippen molar-refractivity contribution >= 4 is 10.0 Å². The van der Waals surface area contributed by atoms with Gasteiger partial charge in [0.2, 0.25) is 10.0 Å². The van der Waals surface area contributed by atoms with Crippen molar-refractivity contribution in [3.05, 3.63) is 35.9 Å². The zero-order chi connectivity index (χ0) is 16.0. The first-order valence-corrected chi connectivity index (χ1v) is 8.19. The Bertz CT molecular complexity index is 597. The average Bonchev–Trinajstić information content (AvgIpc) is 2.43. The number of hydrogen-bond acceptors (Lipinski definition) is 4. The summed E-state index contributed by atoms with van der Waals surface area (Å²) in [5.41, 5.74) is 1.55. The van der Waals surface area contributed by atoms with Crippen molar-refractivity contribution in [2.45, 2.75) is 18.2 Å². The number of rotatable bonds is 8. The highest BCUT2D eigenvalue weighted by Crippen LogP contribution is 2.25. The van der Waals surface area contributed by atoms with Crippen LogP contribution in [0.1, 0.15) is 12.5 Å². The summed E-state index contributed by atoms with van der Waals surface area (Å²) in [5.74, 6) is 0.655. The van der Waals surface area contributed by atoms with Gasteiger partial charge in [0.15, 0.2) is 0 Å². The van der Waals surface area contributed by atoms with Gasteiger partial charge in [0, 0.05) is 13.6 Å². The average molecular weight is 312 g/mol. The van der Waals surface area contributed by atoms with Crippen molar-refractivity contribution < 1.29 is 13.2 Å². The summed E-state index contributed by atoms with van der Waals surface area (Å²) in [4.78, 5) is 0.322. The van der Waals surface area contributed by atoms with E-state index in [4.69, 9.17) is 4.74 Å². The number of methoxy groups -OCH3 is 1. The van der Waals surface area contributed by atoms with Gasteiger partial charge in [0.1, 0.15) is 5.75 Å². The maximum absolute atomic E-state index is 12.7. The molecule has 1 rings (SSSR count). The van der Waals surface area contributed by atoms with Crippen LogP contribution in [0.5, 0.6) is 5.75 Å². The van der Waals surface area contributed by atoms with E-state index >= 15 is 0 Å². The molecule has 1 N–H and O–H groups in total. The SMILES string of the molecule is C=C(C)CN(C)S(=O)(=O)c1ccc(OC)cc1CCNC. The molecule has 1 aromatic rings. The fraction of sp³-hybridized carbons (Fsp3) is 0.467. The quantitative estimate of drug-likeness (QED) is 0.742. The Balaban J connectivity index is 3.23. The van der Waals surface area contributed by atoms with Gasteiger partial charge >= 0.3 is 0 Å². The predicted octanol–water partition coefficient (Wildman–Crippen LogP) is 1.65. The van der Waals surface area contributed by atoms with E-state index in [1.165, 1.54) is 4.31 Å². The third kappa shape index (κ3) is 4.56. The highest BCUT2D eigenvalue weighted by molar-refractivity contribution is 7.89. The molecular formula is C15H24N2O3S. The van der Waals surface area contributed by atoms with Crippen LogP contribution in [0.15, 0.2) is 35.2 Å². The maximum Gasteiger partial charge on any atom is 0.243 e. The van der Waals surface area contributed by atoms with E-state index in [9.17, 15) is 8.42 Å². The van der Waals surface area contributed by atoms with E-state index in [2.05, 4.69) is 11.9 Å². The monoisotopic (exact) mass is 312 g/mol. The van der Waals surface area contributed by atoms with Gasteiger partial charge < -0.3 is 10.1 Å². The molecule has 0 amide bonds. The molecule has 0 atom stereocenters. The van der Waals surface area contributed by atoms with E-state index in [0.29, 0.717) is 30.2 Å². The van der Waals surface area contributed by atoms with Gasteiger partial charge in [-0.2, -0.15) is 4.31 Å². The van der Waals surface area contributed by atoms with Crippen molar-refractivity contribution in [3.63, 3.8) is 0 Å². The molecule has 0 aromatic heterocycles. The summed E-state index contributed by atoms with van der Waals surface area (Å²) in [6, 6.07) is 5.05. The molecule has 0 saturated heterocycles. The third-order valence-electron chi connectivity index (χ3n) is 3.09. The molecule has 0 radical (unpaired) electrons. The third-order valence-corrected chi connectivity index (χ3v) is 5.00. The topological polar surface area (TPSA) is 58.6 Å². The Morgan fingerprint density at radius 2 is 2.10 bits per heavy atom. The number of hydrogen-bond donors (Lipinski definition) is 1. The van der Waals surface area contributed by atoms with Gasteiger partial charge in [-0.05, 0) is 50.7 Å². The predicted molar refractivity (Wildman–Crippen MR) is 85.3 cm³/mol. The maximum atomic E-state index is 12.7. The molecule has 0 spiro atoms. The first kappa shape index (κ1) is 17.7. The molecule has 0 fully saturated rings. The van der Waals surface area contributed by atoms with Crippen LogP contribution in [0, 0.1) is 0 Å². The van der Waals surface area contributed by atoms with E-state index in [1.54, 1.807) is 32.4 Å². The van der Waals surface area contributed by atoms with E-state index in [0.717, 1.165) is 11.1 Å². The number of nitrogens with zero attached hydrogens (tertiary/aromatic N) is 1. The standard InChI is InChI=1S/C15H24N2O3S/c1-12(2)11-17(4)21(18,19)15-7-6-14(20-5)10-13(15)8-9-16-3/h6-7,10,16H,1,8-9,11H2,2-5H3. The zero-order valence-electron chi connectivity index (χ0n) is 13.1.